The summed E-state index contributed by atoms with van der Waals surface area (Å²) in [6.07, 6.45) is 4.87. The minimum absolute atomic E-state index is 0.0715. The highest BCUT2D eigenvalue weighted by Crippen LogP contribution is 2.31. The van der Waals surface area contributed by atoms with E-state index in [1.54, 1.807) is 12.4 Å². The number of nitrogens with one attached hydrogen (secondary N) is 1. The minimum Gasteiger partial charge on any atom is -0.349 e. The van der Waals surface area contributed by atoms with Gasteiger partial charge in [0, 0.05) is 38.2 Å². The molecule has 2 rings (SSSR count). The molecule has 0 aromatic carbocycles. The van der Waals surface area contributed by atoms with E-state index in [1.165, 1.54) is 4.90 Å². The first-order valence-corrected chi connectivity index (χ1v) is 5.79. The quantitative estimate of drug-likeness (QED) is 0.798. The second-order valence-corrected chi connectivity index (χ2v) is 5.24. The molecule has 0 saturated carbocycles. The number of aromatic nitrogens is 2. The van der Waals surface area contributed by atoms with Crippen molar-refractivity contribution in [3.05, 3.63) is 18.2 Å². The number of piperidine rings is 1. The van der Waals surface area contributed by atoms with Crippen LogP contribution in [0.1, 0.15) is 32.5 Å². The third-order valence-electron chi connectivity index (χ3n) is 2.99. The summed E-state index contributed by atoms with van der Waals surface area (Å²) in [5.41, 5.74) is -0.199. The van der Waals surface area contributed by atoms with Crippen LogP contribution in [0, 0.1) is 5.41 Å². The lowest BCUT2D eigenvalue weighted by Gasteiger charge is -2.34. The summed E-state index contributed by atoms with van der Waals surface area (Å²) < 4.78 is 0. The lowest BCUT2D eigenvalue weighted by molar-refractivity contribution is -0.152. The largest absolute Gasteiger partial charge is 0.349 e. The van der Waals surface area contributed by atoms with Crippen molar-refractivity contribution < 1.29 is 9.59 Å². The van der Waals surface area contributed by atoms with E-state index >= 15 is 0 Å². The van der Waals surface area contributed by atoms with Gasteiger partial charge in [-0.05, 0) is 5.41 Å². The predicted molar refractivity (Wildman–Crippen MR) is 62.0 cm³/mol. The second kappa shape index (κ2) is 4.31. The van der Waals surface area contributed by atoms with E-state index in [9.17, 15) is 9.59 Å². The third-order valence-corrected chi connectivity index (χ3v) is 2.99. The topological polar surface area (TPSA) is 66.1 Å². The van der Waals surface area contributed by atoms with E-state index in [4.69, 9.17) is 0 Å². The van der Waals surface area contributed by atoms with Gasteiger partial charge < -0.3 is 4.98 Å². The van der Waals surface area contributed by atoms with Crippen LogP contribution in [0.4, 0.5) is 0 Å². The SMILES string of the molecule is CC1(C)CC(=O)N(CCc2ncc[nH]2)C(=O)C1. The molecule has 1 aliphatic rings. The number of rotatable bonds is 3. The molecule has 1 aromatic heterocycles. The van der Waals surface area contributed by atoms with Crippen LogP contribution in [0.2, 0.25) is 0 Å². The lowest BCUT2D eigenvalue weighted by Crippen LogP contribution is -2.46. The van der Waals surface area contributed by atoms with Crippen molar-refractivity contribution in [3.63, 3.8) is 0 Å². The van der Waals surface area contributed by atoms with Gasteiger partial charge in [0.1, 0.15) is 5.82 Å². The molecule has 1 aliphatic heterocycles. The summed E-state index contributed by atoms with van der Waals surface area (Å²) in [4.78, 5) is 32.1. The van der Waals surface area contributed by atoms with Crippen molar-refractivity contribution in [2.45, 2.75) is 33.1 Å². The van der Waals surface area contributed by atoms with E-state index in [-0.39, 0.29) is 17.2 Å². The molecule has 0 spiro atoms. The van der Waals surface area contributed by atoms with Crippen molar-refractivity contribution in [1.82, 2.24) is 14.9 Å². The zero-order valence-electron chi connectivity index (χ0n) is 10.2. The molecule has 1 aromatic rings. The fourth-order valence-corrected chi connectivity index (χ4v) is 2.11. The third kappa shape index (κ3) is 2.72. The number of carbonyl (C=O) groups is 2. The average molecular weight is 235 g/mol. The predicted octanol–water partition coefficient (Wildman–Crippen LogP) is 1.13. The molecule has 0 aliphatic carbocycles. The van der Waals surface area contributed by atoms with Gasteiger partial charge in [-0.3, -0.25) is 14.5 Å². The number of hydrogen-bond acceptors (Lipinski definition) is 3. The molecule has 17 heavy (non-hydrogen) atoms. The Hall–Kier alpha value is -1.65. The molecule has 92 valence electrons. The molecule has 2 amide bonds. The highest BCUT2D eigenvalue weighted by atomic mass is 16.2. The number of likely N-dealkylation sites (tertiary alicyclic amines) is 1. The highest BCUT2D eigenvalue weighted by molar-refractivity contribution is 5.98. The van der Waals surface area contributed by atoms with Crippen molar-refractivity contribution in [2.24, 2.45) is 5.41 Å². The maximum Gasteiger partial charge on any atom is 0.229 e. The summed E-state index contributed by atoms with van der Waals surface area (Å²) in [5.74, 6) is 0.658. The van der Waals surface area contributed by atoms with Gasteiger partial charge in [0.25, 0.3) is 0 Å². The number of hydrogen-bond donors (Lipinski definition) is 1. The minimum atomic E-state index is -0.199. The van der Waals surface area contributed by atoms with Crippen molar-refractivity contribution >= 4 is 11.8 Å². The number of nitrogens with zero attached hydrogens (tertiary/aromatic N) is 2. The van der Waals surface area contributed by atoms with Gasteiger partial charge in [-0.25, -0.2) is 4.98 Å². The van der Waals surface area contributed by atoms with Crippen LogP contribution >= 0.6 is 0 Å². The molecule has 2 heterocycles. The fourth-order valence-electron chi connectivity index (χ4n) is 2.11. The molecular weight excluding hydrogens is 218 g/mol. The number of aromatic amines is 1. The lowest BCUT2D eigenvalue weighted by atomic mass is 9.82. The van der Waals surface area contributed by atoms with Gasteiger partial charge in [-0.2, -0.15) is 0 Å². The smallest absolute Gasteiger partial charge is 0.229 e. The van der Waals surface area contributed by atoms with Gasteiger partial charge in [-0.1, -0.05) is 13.8 Å². The zero-order chi connectivity index (χ0) is 12.5. The van der Waals surface area contributed by atoms with Crippen molar-refractivity contribution in [3.8, 4) is 0 Å². The molecule has 1 fully saturated rings. The van der Waals surface area contributed by atoms with Gasteiger partial charge in [0.15, 0.2) is 0 Å². The monoisotopic (exact) mass is 235 g/mol. The Bertz CT molecular complexity index is 403. The number of H-pyrrole nitrogens is 1. The molecule has 0 bridgehead atoms. The number of imide groups is 1. The summed E-state index contributed by atoms with van der Waals surface area (Å²) in [5, 5.41) is 0. The van der Waals surface area contributed by atoms with Crippen molar-refractivity contribution in [2.75, 3.05) is 6.54 Å². The summed E-state index contributed by atoms with van der Waals surface area (Å²) >= 11 is 0. The van der Waals surface area contributed by atoms with Crippen molar-refractivity contribution in [1.29, 1.82) is 0 Å². The fraction of sp³-hybridized carbons (Fsp3) is 0.583. The Labute approximate surface area is 100 Å². The first kappa shape index (κ1) is 11.8. The van der Waals surface area contributed by atoms with Gasteiger partial charge >= 0.3 is 0 Å². The van der Waals surface area contributed by atoms with Crippen LogP contribution in [0.15, 0.2) is 12.4 Å². The molecule has 1 N–H and O–H groups in total. The van der Waals surface area contributed by atoms with Gasteiger partial charge in [-0.15, -0.1) is 0 Å². The summed E-state index contributed by atoms with van der Waals surface area (Å²) in [7, 11) is 0. The maximum atomic E-state index is 11.9. The number of imidazole rings is 1. The Balaban J connectivity index is 1.97. The van der Waals surface area contributed by atoms with Crippen LogP contribution in [0.5, 0.6) is 0 Å². The molecule has 5 heteroatoms. The van der Waals surface area contributed by atoms with Crippen LogP contribution in [-0.4, -0.2) is 33.2 Å². The van der Waals surface area contributed by atoms with E-state index in [2.05, 4.69) is 9.97 Å². The number of amides is 2. The molecule has 1 saturated heterocycles. The Morgan fingerprint density at radius 2 is 2.00 bits per heavy atom. The Morgan fingerprint density at radius 1 is 1.35 bits per heavy atom. The standard InChI is InChI=1S/C12H17N3O2/c1-12(2)7-10(16)15(11(17)8-12)6-3-9-13-4-5-14-9/h4-5H,3,6-8H2,1-2H3,(H,13,14). The molecular formula is C12H17N3O2. The molecule has 0 unspecified atom stereocenters. The molecule has 0 radical (unpaired) electrons. The Morgan fingerprint density at radius 3 is 2.53 bits per heavy atom. The van der Waals surface area contributed by atoms with E-state index in [0.29, 0.717) is 25.8 Å². The first-order valence-electron chi connectivity index (χ1n) is 5.79. The van der Waals surface area contributed by atoms with E-state index in [0.717, 1.165) is 5.82 Å². The van der Waals surface area contributed by atoms with Gasteiger partial charge in [0.2, 0.25) is 11.8 Å². The summed E-state index contributed by atoms with van der Waals surface area (Å²) in [6, 6.07) is 0. The van der Waals surface area contributed by atoms with E-state index < -0.39 is 0 Å². The van der Waals surface area contributed by atoms with E-state index in [1.807, 2.05) is 13.8 Å². The second-order valence-electron chi connectivity index (χ2n) is 5.24. The van der Waals surface area contributed by atoms with Crippen LogP contribution in [0.3, 0.4) is 0 Å². The summed E-state index contributed by atoms with van der Waals surface area (Å²) in [6.45, 7) is 4.32. The maximum absolute atomic E-state index is 11.9. The van der Waals surface area contributed by atoms with Crippen LogP contribution < -0.4 is 0 Å². The van der Waals surface area contributed by atoms with Crippen LogP contribution in [0.25, 0.3) is 0 Å². The average Bonchev–Trinajstić information content (AvgIpc) is 2.67. The molecule has 5 nitrogen and oxygen atoms in total. The first-order chi connectivity index (χ1) is 7.98. The van der Waals surface area contributed by atoms with Crippen LogP contribution in [-0.2, 0) is 16.0 Å². The van der Waals surface area contributed by atoms with Gasteiger partial charge in [0.05, 0.1) is 0 Å². The highest BCUT2D eigenvalue weighted by Gasteiger charge is 2.36. The normalized spacial score (nSPS) is 19.8. The molecule has 0 atom stereocenters. The Kier molecular flexibility index (Phi) is 3.00. The zero-order valence-corrected chi connectivity index (χ0v) is 10.2. The number of carbonyl (C=O) groups excluding carboxylic acids is 2.